The summed E-state index contributed by atoms with van der Waals surface area (Å²) in [6.07, 6.45) is 2.78. The number of ether oxygens (including phenoxy) is 1. The zero-order chi connectivity index (χ0) is 12.2. The number of carbonyl (C=O) groups excluding carboxylic acids is 2. The van der Waals surface area contributed by atoms with E-state index in [4.69, 9.17) is 4.74 Å². The van der Waals surface area contributed by atoms with Gasteiger partial charge in [0, 0.05) is 25.4 Å². The van der Waals surface area contributed by atoms with Crippen molar-refractivity contribution in [3.8, 4) is 0 Å². The molecule has 2 heterocycles. The molecule has 2 aliphatic heterocycles. The van der Waals surface area contributed by atoms with Gasteiger partial charge in [0.25, 0.3) is 0 Å². The van der Waals surface area contributed by atoms with E-state index in [9.17, 15) is 9.59 Å². The molecule has 0 unspecified atom stereocenters. The maximum Gasteiger partial charge on any atom is 0.228 e. The standard InChI is InChI=1S/C13H17NO3/c1-3-13-5-10(15)11-4-9(13)8(6-17-11)12(16)14(2)7-13/h3,8-9,11H,1,4-7H2,2H3/t8-,9+,11+,13-/m1/s1. The minimum Gasteiger partial charge on any atom is -0.370 e. The van der Waals surface area contributed by atoms with E-state index in [1.165, 1.54) is 0 Å². The van der Waals surface area contributed by atoms with Gasteiger partial charge in [-0.15, -0.1) is 6.58 Å². The molecular weight excluding hydrogens is 218 g/mol. The number of nitrogens with zero attached hydrogens (tertiary/aromatic N) is 1. The van der Waals surface area contributed by atoms with Crippen LogP contribution in [0.15, 0.2) is 12.7 Å². The molecule has 1 saturated carbocycles. The molecule has 4 heteroatoms. The summed E-state index contributed by atoms with van der Waals surface area (Å²) in [5.74, 6) is 0.471. The van der Waals surface area contributed by atoms with Gasteiger partial charge >= 0.3 is 0 Å². The normalized spacial score (nSPS) is 44.8. The summed E-state index contributed by atoms with van der Waals surface area (Å²) in [4.78, 5) is 25.8. The van der Waals surface area contributed by atoms with E-state index in [2.05, 4.69) is 6.58 Å². The van der Waals surface area contributed by atoms with E-state index >= 15 is 0 Å². The van der Waals surface area contributed by atoms with Gasteiger partial charge < -0.3 is 9.64 Å². The number of fused-ring (bicyclic) bond motifs is 1. The quantitative estimate of drug-likeness (QED) is 0.626. The monoisotopic (exact) mass is 235 g/mol. The van der Waals surface area contributed by atoms with Gasteiger partial charge in [0.15, 0.2) is 5.78 Å². The van der Waals surface area contributed by atoms with Crippen LogP contribution in [0, 0.1) is 17.3 Å². The maximum atomic E-state index is 12.1. The molecule has 3 aliphatic rings. The first-order valence-corrected chi connectivity index (χ1v) is 6.10. The van der Waals surface area contributed by atoms with Crippen molar-refractivity contribution in [1.82, 2.24) is 4.90 Å². The fourth-order valence-electron chi connectivity index (χ4n) is 3.74. The highest BCUT2D eigenvalue weighted by Gasteiger charge is 2.57. The lowest BCUT2D eigenvalue weighted by Gasteiger charge is -2.55. The van der Waals surface area contributed by atoms with Crippen LogP contribution in [0.1, 0.15) is 12.8 Å². The molecule has 0 radical (unpaired) electrons. The van der Waals surface area contributed by atoms with Crippen molar-refractivity contribution in [3.05, 3.63) is 12.7 Å². The third-order valence-electron chi connectivity index (χ3n) is 4.66. The van der Waals surface area contributed by atoms with Crippen LogP contribution < -0.4 is 0 Å². The topological polar surface area (TPSA) is 46.6 Å². The zero-order valence-electron chi connectivity index (χ0n) is 10.0. The average Bonchev–Trinajstić information content (AvgIpc) is 2.34. The molecule has 4 nitrogen and oxygen atoms in total. The molecule has 3 rings (SSSR count). The Hall–Kier alpha value is -1.16. The summed E-state index contributed by atoms with van der Waals surface area (Å²) in [7, 11) is 1.80. The Morgan fingerprint density at radius 1 is 1.53 bits per heavy atom. The number of likely N-dealkylation sites (tertiary alicyclic amines) is 1. The van der Waals surface area contributed by atoms with Gasteiger partial charge in [-0.25, -0.2) is 0 Å². The Kier molecular flexibility index (Phi) is 2.20. The zero-order valence-corrected chi connectivity index (χ0v) is 10.0. The number of hydrogen-bond donors (Lipinski definition) is 0. The molecule has 0 aromatic heterocycles. The Morgan fingerprint density at radius 2 is 2.29 bits per heavy atom. The van der Waals surface area contributed by atoms with Crippen LogP contribution in [-0.2, 0) is 14.3 Å². The van der Waals surface area contributed by atoms with Crippen LogP contribution in [0.4, 0.5) is 0 Å². The summed E-state index contributed by atoms with van der Waals surface area (Å²) in [6.45, 7) is 4.91. The van der Waals surface area contributed by atoms with Crippen molar-refractivity contribution in [2.45, 2.75) is 18.9 Å². The largest absolute Gasteiger partial charge is 0.370 e. The lowest BCUT2D eigenvalue weighted by atomic mass is 9.57. The summed E-state index contributed by atoms with van der Waals surface area (Å²) < 4.78 is 5.52. The molecule has 17 heavy (non-hydrogen) atoms. The van der Waals surface area contributed by atoms with Gasteiger partial charge in [-0.3, -0.25) is 9.59 Å². The number of carbonyl (C=O) groups is 2. The SMILES string of the molecule is C=C[C@]12CC(=O)[C@@H]3C[C@H]1[C@@H](CO3)C(=O)N(C)C2. The highest BCUT2D eigenvalue weighted by molar-refractivity contribution is 5.88. The third kappa shape index (κ3) is 1.33. The minimum absolute atomic E-state index is 0.0869. The van der Waals surface area contributed by atoms with Crippen LogP contribution in [0.5, 0.6) is 0 Å². The number of hydrogen-bond acceptors (Lipinski definition) is 3. The van der Waals surface area contributed by atoms with Crippen molar-refractivity contribution in [1.29, 1.82) is 0 Å². The Labute approximate surface area is 101 Å². The second-order valence-corrected chi connectivity index (χ2v) is 5.55. The van der Waals surface area contributed by atoms with E-state index in [1.54, 1.807) is 11.9 Å². The molecule has 0 aromatic rings. The highest BCUT2D eigenvalue weighted by atomic mass is 16.5. The van der Waals surface area contributed by atoms with Crippen LogP contribution in [0.2, 0.25) is 0 Å². The molecule has 0 aromatic carbocycles. The third-order valence-corrected chi connectivity index (χ3v) is 4.66. The van der Waals surface area contributed by atoms with Crippen LogP contribution in [0.25, 0.3) is 0 Å². The molecule has 1 aliphatic carbocycles. The van der Waals surface area contributed by atoms with Gasteiger partial charge in [0.2, 0.25) is 5.91 Å². The fraction of sp³-hybridized carbons (Fsp3) is 0.692. The molecule has 0 N–H and O–H groups in total. The van der Waals surface area contributed by atoms with Crippen molar-refractivity contribution in [2.24, 2.45) is 17.3 Å². The summed E-state index contributed by atoms with van der Waals surface area (Å²) >= 11 is 0. The molecule has 92 valence electrons. The van der Waals surface area contributed by atoms with Crippen LogP contribution in [-0.4, -0.2) is 42.9 Å². The van der Waals surface area contributed by atoms with Gasteiger partial charge in [-0.2, -0.15) is 0 Å². The number of amides is 1. The van der Waals surface area contributed by atoms with Crippen LogP contribution in [0.3, 0.4) is 0 Å². The van der Waals surface area contributed by atoms with Crippen LogP contribution >= 0.6 is 0 Å². The maximum absolute atomic E-state index is 12.1. The predicted molar refractivity (Wildman–Crippen MR) is 61.2 cm³/mol. The van der Waals surface area contributed by atoms with E-state index in [0.717, 1.165) is 0 Å². The van der Waals surface area contributed by atoms with E-state index in [1.807, 2.05) is 6.08 Å². The molecule has 2 bridgehead atoms. The second kappa shape index (κ2) is 3.42. The van der Waals surface area contributed by atoms with Crippen molar-refractivity contribution < 1.29 is 14.3 Å². The average molecular weight is 235 g/mol. The second-order valence-electron chi connectivity index (χ2n) is 5.55. The number of ketones is 1. The van der Waals surface area contributed by atoms with E-state index < -0.39 is 0 Å². The first-order valence-electron chi connectivity index (χ1n) is 6.10. The minimum atomic E-state index is -0.277. The van der Waals surface area contributed by atoms with Crippen molar-refractivity contribution in [3.63, 3.8) is 0 Å². The lowest BCUT2D eigenvalue weighted by molar-refractivity contribution is -0.179. The van der Waals surface area contributed by atoms with Gasteiger partial charge in [-0.05, 0) is 12.3 Å². The molecule has 1 amide bonds. The highest BCUT2D eigenvalue weighted by Crippen LogP contribution is 2.51. The van der Waals surface area contributed by atoms with Crippen molar-refractivity contribution in [2.75, 3.05) is 20.2 Å². The van der Waals surface area contributed by atoms with E-state index in [-0.39, 0.29) is 35.0 Å². The first kappa shape index (κ1) is 11.0. The van der Waals surface area contributed by atoms with Gasteiger partial charge in [0.1, 0.15) is 6.10 Å². The predicted octanol–water partition coefficient (Wildman–Crippen LogP) is 0.625. The Balaban J connectivity index is 2.04. The Morgan fingerprint density at radius 3 is 3.00 bits per heavy atom. The molecule has 3 fully saturated rings. The van der Waals surface area contributed by atoms with Crippen molar-refractivity contribution >= 4 is 11.7 Å². The fourth-order valence-corrected chi connectivity index (χ4v) is 3.74. The molecular formula is C13H17NO3. The first-order chi connectivity index (χ1) is 8.07. The summed E-state index contributed by atoms with van der Waals surface area (Å²) in [5, 5.41) is 0. The number of rotatable bonds is 1. The number of Topliss-reactive ketones (excluding diaryl/α,β-unsaturated/α-hetero) is 1. The molecule has 4 atom stereocenters. The molecule has 2 saturated heterocycles. The van der Waals surface area contributed by atoms with E-state index in [0.29, 0.717) is 26.0 Å². The Bertz CT molecular complexity index is 405. The van der Waals surface area contributed by atoms with Gasteiger partial charge in [0.05, 0.1) is 12.5 Å². The lowest BCUT2D eigenvalue weighted by Crippen LogP contribution is -2.62. The smallest absolute Gasteiger partial charge is 0.228 e. The summed E-state index contributed by atoms with van der Waals surface area (Å²) in [6, 6.07) is 0. The molecule has 0 spiro atoms. The summed E-state index contributed by atoms with van der Waals surface area (Å²) in [5.41, 5.74) is -0.218. The van der Waals surface area contributed by atoms with Gasteiger partial charge in [-0.1, -0.05) is 6.08 Å². The number of piperidine rings is 1.